The molecule has 0 aliphatic heterocycles. The van der Waals surface area contributed by atoms with Crippen molar-refractivity contribution in [3.63, 3.8) is 0 Å². The lowest BCUT2D eigenvalue weighted by atomic mass is 9.99. The Bertz CT molecular complexity index is 519. The van der Waals surface area contributed by atoms with Gasteiger partial charge in [0.15, 0.2) is 5.78 Å². The van der Waals surface area contributed by atoms with Crippen LogP contribution in [0.15, 0.2) is 36.0 Å². The standard InChI is InChI=1S/C16H22N2O2/c1-5-10-17-16(20)14(11-18(3)4)15(19)13-9-7-6-8-12(13)2/h6-9,11H,5,10H2,1-4H3,(H,17,20). The molecule has 0 aliphatic rings. The predicted molar refractivity (Wildman–Crippen MR) is 80.6 cm³/mol. The summed E-state index contributed by atoms with van der Waals surface area (Å²) in [5.74, 6) is -0.570. The molecule has 0 radical (unpaired) electrons. The molecule has 0 bridgehead atoms. The smallest absolute Gasteiger partial charge is 0.256 e. The minimum absolute atomic E-state index is 0.165. The summed E-state index contributed by atoms with van der Waals surface area (Å²) in [6.45, 7) is 4.40. The Kier molecular flexibility index (Phi) is 5.97. The highest BCUT2D eigenvalue weighted by Crippen LogP contribution is 2.13. The molecule has 108 valence electrons. The third-order valence-corrected chi connectivity index (χ3v) is 2.80. The minimum atomic E-state index is -0.325. The highest BCUT2D eigenvalue weighted by molar-refractivity contribution is 6.25. The van der Waals surface area contributed by atoms with Gasteiger partial charge in [0.25, 0.3) is 5.91 Å². The number of ketones is 1. The van der Waals surface area contributed by atoms with E-state index in [1.807, 2.05) is 26.0 Å². The fraction of sp³-hybridized carbons (Fsp3) is 0.375. The summed E-state index contributed by atoms with van der Waals surface area (Å²) in [5, 5.41) is 2.75. The Morgan fingerprint density at radius 3 is 2.45 bits per heavy atom. The van der Waals surface area contributed by atoms with Crippen molar-refractivity contribution in [2.45, 2.75) is 20.3 Å². The van der Waals surface area contributed by atoms with Gasteiger partial charge in [-0.3, -0.25) is 9.59 Å². The first kappa shape index (κ1) is 16.0. The van der Waals surface area contributed by atoms with Gasteiger partial charge in [-0.25, -0.2) is 0 Å². The number of carbonyl (C=O) groups excluding carboxylic acids is 2. The summed E-state index contributed by atoms with van der Waals surface area (Å²) in [6, 6.07) is 7.29. The second-order valence-corrected chi connectivity index (χ2v) is 4.91. The Labute approximate surface area is 120 Å². The molecule has 0 aliphatic carbocycles. The molecule has 0 spiro atoms. The molecule has 20 heavy (non-hydrogen) atoms. The molecule has 1 N–H and O–H groups in total. The van der Waals surface area contributed by atoms with E-state index in [0.717, 1.165) is 12.0 Å². The van der Waals surface area contributed by atoms with Crippen LogP contribution in [0, 0.1) is 6.92 Å². The van der Waals surface area contributed by atoms with Crippen molar-refractivity contribution in [1.82, 2.24) is 10.2 Å². The molecular formula is C16H22N2O2. The van der Waals surface area contributed by atoms with Crippen LogP contribution in [0.5, 0.6) is 0 Å². The van der Waals surface area contributed by atoms with Gasteiger partial charge >= 0.3 is 0 Å². The van der Waals surface area contributed by atoms with Crippen LogP contribution in [0.1, 0.15) is 29.3 Å². The van der Waals surface area contributed by atoms with Crippen molar-refractivity contribution < 1.29 is 9.59 Å². The fourth-order valence-corrected chi connectivity index (χ4v) is 1.79. The van der Waals surface area contributed by atoms with Gasteiger partial charge in [0.1, 0.15) is 5.57 Å². The number of amides is 1. The van der Waals surface area contributed by atoms with Crippen LogP contribution in [0.25, 0.3) is 0 Å². The van der Waals surface area contributed by atoms with E-state index in [2.05, 4.69) is 5.32 Å². The second kappa shape index (κ2) is 7.48. The second-order valence-electron chi connectivity index (χ2n) is 4.91. The van der Waals surface area contributed by atoms with Crippen molar-refractivity contribution in [3.8, 4) is 0 Å². The van der Waals surface area contributed by atoms with E-state index in [-0.39, 0.29) is 17.3 Å². The van der Waals surface area contributed by atoms with E-state index in [9.17, 15) is 9.59 Å². The lowest BCUT2D eigenvalue weighted by Gasteiger charge is -2.12. The summed E-state index contributed by atoms with van der Waals surface area (Å²) >= 11 is 0. The average molecular weight is 274 g/mol. The molecule has 4 heteroatoms. The number of hydrogen-bond acceptors (Lipinski definition) is 3. The van der Waals surface area contributed by atoms with Crippen molar-refractivity contribution in [2.75, 3.05) is 20.6 Å². The lowest BCUT2D eigenvalue weighted by molar-refractivity contribution is -0.117. The summed E-state index contributed by atoms with van der Waals surface area (Å²) < 4.78 is 0. The van der Waals surface area contributed by atoms with E-state index in [0.29, 0.717) is 12.1 Å². The Hall–Kier alpha value is -2.10. The van der Waals surface area contributed by atoms with Gasteiger partial charge < -0.3 is 10.2 Å². The molecule has 1 aromatic rings. The van der Waals surface area contributed by atoms with Crippen molar-refractivity contribution in [1.29, 1.82) is 0 Å². The Morgan fingerprint density at radius 1 is 1.25 bits per heavy atom. The lowest BCUT2D eigenvalue weighted by Crippen LogP contribution is -2.30. The maximum absolute atomic E-state index is 12.5. The number of aryl methyl sites for hydroxylation is 1. The number of hydrogen-bond donors (Lipinski definition) is 1. The van der Waals surface area contributed by atoms with Crippen LogP contribution in [0.2, 0.25) is 0 Å². The molecule has 0 saturated carbocycles. The Morgan fingerprint density at radius 2 is 1.90 bits per heavy atom. The van der Waals surface area contributed by atoms with Crippen LogP contribution in [0.4, 0.5) is 0 Å². The maximum atomic E-state index is 12.5. The molecule has 0 heterocycles. The zero-order chi connectivity index (χ0) is 15.1. The van der Waals surface area contributed by atoms with Crippen LogP contribution in [0.3, 0.4) is 0 Å². The van der Waals surface area contributed by atoms with Gasteiger partial charge in [0.05, 0.1) is 0 Å². The zero-order valence-electron chi connectivity index (χ0n) is 12.6. The molecule has 0 fully saturated rings. The largest absolute Gasteiger partial charge is 0.383 e. The van der Waals surface area contributed by atoms with Crippen molar-refractivity contribution in [3.05, 3.63) is 47.2 Å². The van der Waals surface area contributed by atoms with Crippen LogP contribution in [-0.2, 0) is 4.79 Å². The highest BCUT2D eigenvalue weighted by atomic mass is 16.2. The number of carbonyl (C=O) groups is 2. The van der Waals surface area contributed by atoms with Crippen LogP contribution >= 0.6 is 0 Å². The quantitative estimate of drug-likeness (QED) is 0.374. The number of rotatable bonds is 6. The molecule has 4 nitrogen and oxygen atoms in total. The summed E-state index contributed by atoms with van der Waals surface area (Å²) in [7, 11) is 3.58. The van der Waals surface area contributed by atoms with E-state index < -0.39 is 0 Å². The van der Waals surface area contributed by atoms with Gasteiger partial charge in [-0.2, -0.15) is 0 Å². The van der Waals surface area contributed by atoms with Crippen LogP contribution in [-0.4, -0.2) is 37.2 Å². The monoisotopic (exact) mass is 274 g/mol. The molecule has 0 atom stereocenters. The first-order chi connectivity index (χ1) is 9.47. The van der Waals surface area contributed by atoms with Gasteiger partial charge in [-0.1, -0.05) is 31.2 Å². The third-order valence-electron chi connectivity index (χ3n) is 2.80. The first-order valence-corrected chi connectivity index (χ1v) is 6.74. The highest BCUT2D eigenvalue weighted by Gasteiger charge is 2.21. The van der Waals surface area contributed by atoms with Crippen molar-refractivity contribution in [2.24, 2.45) is 0 Å². The number of Topliss-reactive ketones (excluding diaryl/α,β-unsaturated/α-hetero) is 1. The molecule has 0 unspecified atom stereocenters. The number of nitrogens with zero attached hydrogens (tertiary/aromatic N) is 1. The topological polar surface area (TPSA) is 49.4 Å². The van der Waals surface area contributed by atoms with Crippen LogP contribution < -0.4 is 5.32 Å². The van der Waals surface area contributed by atoms with Gasteiger partial charge in [-0.05, 0) is 18.9 Å². The fourth-order valence-electron chi connectivity index (χ4n) is 1.79. The van der Waals surface area contributed by atoms with Gasteiger partial charge in [0.2, 0.25) is 0 Å². The van der Waals surface area contributed by atoms with E-state index in [4.69, 9.17) is 0 Å². The normalized spacial score (nSPS) is 11.1. The minimum Gasteiger partial charge on any atom is -0.383 e. The molecule has 1 amide bonds. The first-order valence-electron chi connectivity index (χ1n) is 6.74. The molecule has 1 aromatic carbocycles. The SMILES string of the molecule is CCCNC(=O)C(=CN(C)C)C(=O)c1ccccc1C. The van der Waals surface area contributed by atoms with E-state index in [1.54, 1.807) is 37.3 Å². The number of benzene rings is 1. The zero-order valence-corrected chi connectivity index (χ0v) is 12.6. The molecule has 0 saturated heterocycles. The third kappa shape index (κ3) is 4.23. The van der Waals surface area contributed by atoms with Gasteiger partial charge in [0, 0.05) is 32.4 Å². The number of nitrogens with one attached hydrogen (secondary N) is 1. The Balaban J connectivity index is 3.09. The predicted octanol–water partition coefficient (Wildman–Crippen LogP) is 2.15. The summed E-state index contributed by atoms with van der Waals surface area (Å²) in [5.41, 5.74) is 1.59. The van der Waals surface area contributed by atoms with E-state index >= 15 is 0 Å². The van der Waals surface area contributed by atoms with Crippen molar-refractivity contribution >= 4 is 11.7 Å². The average Bonchev–Trinajstić information content (AvgIpc) is 2.41. The molecule has 0 aromatic heterocycles. The summed E-state index contributed by atoms with van der Waals surface area (Å²) in [4.78, 5) is 26.4. The summed E-state index contributed by atoms with van der Waals surface area (Å²) in [6.07, 6.45) is 2.40. The maximum Gasteiger partial charge on any atom is 0.256 e. The van der Waals surface area contributed by atoms with Gasteiger partial charge in [-0.15, -0.1) is 0 Å². The molecule has 1 rings (SSSR count). The molecular weight excluding hydrogens is 252 g/mol. The van der Waals surface area contributed by atoms with E-state index in [1.165, 1.54) is 0 Å².